The van der Waals surface area contributed by atoms with E-state index >= 15 is 0 Å². The number of methoxy groups -OCH3 is 1. The van der Waals surface area contributed by atoms with Gasteiger partial charge in [-0.1, -0.05) is 53.5 Å². The molecule has 0 bridgehead atoms. The van der Waals surface area contributed by atoms with Crippen molar-refractivity contribution in [2.24, 2.45) is 0 Å². The van der Waals surface area contributed by atoms with Gasteiger partial charge in [-0.3, -0.25) is 14.9 Å². The van der Waals surface area contributed by atoms with Gasteiger partial charge in [0.25, 0.3) is 11.8 Å². The summed E-state index contributed by atoms with van der Waals surface area (Å²) in [6.45, 7) is 0.176. The number of rotatable bonds is 6. The summed E-state index contributed by atoms with van der Waals surface area (Å²) in [4.78, 5) is 50.9. The third kappa shape index (κ3) is 5.25. The van der Waals surface area contributed by atoms with Gasteiger partial charge in [0.2, 0.25) is 0 Å². The molecule has 8 nitrogen and oxygen atoms in total. The van der Waals surface area contributed by atoms with E-state index in [0.29, 0.717) is 0 Å². The molecule has 0 unspecified atom stereocenters. The van der Waals surface area contributed by atoms with Crippen LogP contribution in [-0.4, -0.2) is 30.9 Å². The second kappa shape index (κ2) is 10.6. The highest BCUT2D eigenvalue weighted by molar-refractivity contribution is 6.40. The molecule has 0 saturated carbocycles. The smallest absolute Gasteiger partial charge is 0.337 e. The molecule has 4 amide bonds. The molecular formula is C26H18Cl2N2O6. The Kier molecular flexibility index (Phi) is 7.38. The van der Waals surface area contributed by atoms with E-state index < -0.39 is 23.8 Å². The van der Waals surface area contributed by atoms with Crippen molar-refractivity contribution in [3.63, 3.8) is 0 Å². The molecule has 0 atom stereocenters. The summed E-state index contributed by atoms with van der Waals surface area (Å²) in [6.07, 6.45) is 1.26. The quantitative estimate of drug-likeness (QED) is 0.275. The molecular weight excluding hydrogens is 507 g/mol. The number of imide groups is 2. The second-order valence-corrected chi connectivity index (χ2v) is 8.42. The zero-order valence-corrected chi connectivity index (χ0v) is 20.3. The minimum absolute atomic E-state index is 0.147. The van der Waals surface area contributed by atoms with Crippen molar-refractivity contribution in [3.8, 4) is 5.75 Å². The summed E-state index contributed by atoms with van der Waals surface area (Å²) < 4.78 is 10.6. The maximum absolute atomic E-state index is 13.3. The number of benzene rings is 3. The Bertz CT molecular complexity index is 1390. The van der Waals surface area contributed by atoms with E-state index in [1.54, 1.807) is 0 Å². The number of carbonyl (C=O) groups is 4. The molecule has 36 heavy (non-hydrogen) atoms. The number of carbonyl (C=O) groups excluding carboxylic acids is 4. The van der Waals surface area contributed by atoms with Gasteiger partial charge in [0.15, 0.2) is 0 Å². The van der Waals surface area contributed by atoms with Crippen LogP contribution in [0.15, 0.2) is 72.3 Å². The summed E-state index contributed by atoms with van der Waals surface area (Å²) in [6, 6.07) is 16.9. The van der Waals surface area contributed by atoms with Crippen LogP contribution in [0.25, 0.3) is 6.08 Å². The molecule has 1 aliphatic heterocycles. The van der Waals surface area contributed by atoms with Crippen LogP contribution >= 0.6 is 23.2 Å². The largest absolute Gasteiger partial charge is 0.487 e. The molecule has 1 fully saturated rings. The van der Waals surface area contributed by atoms with Gasteiger partial charge in [-0.25, -0.2) is 14.5 Å². The van der Waals surface area contributed by atoms with Crippen LogP contribution in [0.1, 0.15) is 21.5 Å². The van der Waals surface area contributed by atoms with Crippen molar-refractivity contribution in [1.29, 1.82) is 0 Å². The first kappa shape index (κ1) is 25.0. The van der Waals surface area contributed by atoms with Crippen LogP contribution in [0.2, 0.25) is 10.0 Å². The van der Waals surface area contributed by atoms with Gasteiger partial charge in [0.05, 0.1) is 23.4 Å². The fourth-order valence-electron chi connectivity index (χ4n) is 3.48. The fourth-order valence-corrected chi connectivity index (χ4v) is 4.05. The van der Waals surface area contributed by atoms with Gasteiger partial charge in [0, 0.05) is 10.6 Å². The summed E-state index contributed by atoms with van der Waals surface area (Å²) >= 11 is 12.5. The number of ether oxygens (including phenoxy) is 2. The van der Waals surface area contributed by atoms with Crippen molar-refractivity contribution in [2.75, 3.05) is 12.0 Å². The van der Waals surface area contributed by atoms with Gasteiger partial charge in [-0.05, 0) is 48.0 Å². The van der Waals surface area contributed by atoms with Crippen LogP contribution < -0.4 is 15.0 Å². The van der Waals surface area contributed by atoms with E-state index in [-0.39, 0.29) is 44.8 Å². The molecule has 3 aromatic rings. The molecule has 4 rings (SSSR count). The number of halogens is 2. The lowest BCUT2D eigenvalue weighted by molar-refractivity contribution is -0.122. The molecule has 182 valence electrons. The molecule has 10 heteroatoms. The minimum atomic E-state index is -0.933. The molecule has 0 spiro atoms. The highest BCUT2D eigenvalue weighted by Crippen LogP contribution is 2.35. The first-order valence-electron chi connectivity index (χ1n) is 10.5. The van der Waals surface area contributed by atoms with Crippen LogP contribution in [-0.2, 0) is 20.9 Å². The van der Waals surface area contributed by atoms with E-state index in [1.165, 1.54) is 49.6 Å². The zero-order valence-electron chi connectivity index (χ0n) is 18.8. The topological polar surface area (TPSA) is 102 Å². The standard InChI is InChI=1S/C26H18Cl2N2O6/c1-35-25(33)16-7-9-19(10-8-16)30-24(32)20(23(31)29-26(30)34)12-17-11-18(27)13-21(28)22(17)36-14-15-5-3-2-4-6-15/h2-13H,14H2,1H3,(H,29,31,34)/b20-12+. The maximum atomic E-state index is 13.3. The van der Waals surface area contributed by atoms with Crippen LogP contribution in [0.5, 0.6) is 5.75 Å². The number of anilines is 1. The van der Waals surface area contributed by atoms with E-state index in [1.807, 2.05) is 30.3 Å². The highest BCUT2D eigenvalue weighted by Gasteiger charge is 2.37. The highest BCUT2D eigenvalue weighted by atomic mass is 35.5. The van der Waals surface area contributed by atoms with Crippen molar-refractivity contribution in [3.05, 3.63) is 99.0 Å². The summed E-state index contributed by atoms with van der Waals surface area (Å²) in [5, 5.41) is 2.58. The van der Waals surface area contributed by atoms with E-state index in [0.717, 1.165) is 10.5 Å². The summed E-state index contributed by atoms with van der Waals surface area (Å²) in [5.74, 6) is -2.13. The monoisotopic (exact) mass is 524 g/mol. The van der Waals surface area contributed by atoms with Crippen LogP contribution in [0, 0.1) is 0 Å². The first-order chi connectivity index (χ1) is 17.3. The summed E-state index contributed by atoms with van der Waals surface area (Å²) in [7, 11) is 1.24. The number of urea groups is 1. The second-order valence-electron chi connectivity index (χ2n) is 7.58. The Morgan fingerprint density at radius 2 is 1.69 bits per heavy atom. The molecule has 1 saturated heterocycles. The number of esters is 1. The Labute approximate surface area is 216 Å². The van der Waals surface area contributed by atoms with Gasteiger partial charge < -0.3 is 9.47 Å². The number of nitrogens with zero attached hydrogens (tertiary/aromatic N) is 1. The normalized spacial score (nSPS) is 14.6. The Balaban J connectivity index is 1.69. The number of amides is 4. The van der Waals surface area contributed by atoms with Crippen molar-refractivity contribution in [2.45, 2.75) is 6.61 Å². The Morgan fingerprint density at radius 1 is 1.00 bits per heavy atom. The molecule has 0 radical (unpaired) electrons. The third-order valence-electron chi connectivity index (χ3n) is 5.21. The number of nitrogens with one attached hydrogen (secondary N) is 1. The Hall–Kier alpha value is -4.14. The molecule has 3 aromatic carbocycles. The minimum Gasteiger partial charge on any atom is -0.487 e. The lowest BCUT2D eigenvalue weighted by Crippen LogP contribution is -2.54. The SMILES string of the molecule is COC(=O)c1ccc(N2C(=O)NC(=O)/C(=C\c3cc(Cl)cc(Cl)c3OCc3ccccc3)C2=O)cc1. The van der Waals surface area contributed by atoms with Gasteiger partial charge in [-0.2, -0.15) is 0 Å². The number of barbiturate groups is 1. The van der Waals surface area contributed by atoms with E-state index in [2.05, 4.69) is 10.1 Å². The van der Waals surface area contributed by atoms with Crippen LogP contribution in [0.4, 0.5) is 10.5 Å². The third-order valence-corrected chi connectivity index (χ3v) is 5.71. The fraction of sp³-hybridized carbons (Fsp3) is 0.0769. The lowest BCUT2D eigenvalue weighted by atomic mass is 10.1. The van der Waals surface area contributed by atoms with Crippen molar-refractivity contribution in [1.82, 2.24) is 5.32 Å². The van der Waals surface area contributed by atoms with Crippen LogP contribution in [0.3, 0.4) is 0 Å². The van der Waals surface area contributed by atoms with E-state index in [4.69, 9.17) is 27.9 Å². The van der Waals surface area contributed by atoms with E-state index in [9.17, 15) is 19.2 Å². The predicted octanol–water partition coefficient (Wildman–Crippen LogP) is 5.03. The van der Waals surface area contributed by atoms with Crippen molar-refractivity contribution < 1.29 is 28.7 Å². The lowest BCUT2D eigenvalue weighted by Gasteiger charge is -2.26. The molecule has 1 heterocycles. The Morgan fingerprint density at radius 3 is 2.36 bits per heavy atom. The van der Waals surface area contributed by atoms with Gasteiger partial charge in [-0.15, -0.1) is 0 Å². The average molecular weight is 525 g/mol. The number of hydrogen-bond donors (Lipinski definition) is 1. The maximum Gasteiger partial charge on any atom is 0.337 e. The molecule has 0 aromatic heterocycles. The van der Waals surface area contributed by atoms with Gasteiger partial charge >= 0.3 is 12.0 Å². The summed E-state index contributed by atoms with van der Waals surface area (Å²) in [5.41, 5.74) is 1.19. The first-order valence-corrected chi connectivity index (χ1v) is 11.3. The zero-order chi connectivity index (χ0) is 25.8. The average Bonchev–Trinajstić information content (AvgIpc) is 2.86. The predicted molar refractivity (Wildman–Crippen MR) is 134 cm³/mol. The molecule has 0 aliphatic carbocycles. The number of hydrogen-bond acceptors (Lipinski definition) is 6. The molecule has 1 N–H and O–H groups in total. The van der Waals surface area contributed by atoms with Crippen molar-refractivity contribution >= 4 is 58.8 Å². The molecule has 1 aliphatic rings. The van der Waals surface area contributed by atoms with Gasteiger partial charge in [0.1, 0.15) is 17.9 Å².